The molecule has 4 N–H and O–H groups in total. The first-order valence-electron chi connectivity index (χ1n) is 26.7. The predicted octanol–water partition coefficient (Wildman–Crippen LogP) is 8.01. The van der Waals surface area contributed by atoms with Crippen LogP contribution >= 0.6 is 0 Å². The van der Waals surface area contributed by atoms with Crippen molar-refractivity contribution in [3.63, 3.8) is 0 Å². The maximum absolute atomic E-state index is 14.4. The standard InChI is InChI=1S/C26H33FN4O4.C25H31FN4O4.C4H8O.CH4O/c1-3-35-24(32)17-22(19-9-11-23(34-2)21(27)16-19)31-15-14-30(26(31)33)13-5-7-20-10-8-18-6-4-12-28-25(18)29-20;1-2-34-23(32)16-21(18-8-10-22(31)20(26)15-18)30-14-13-29(25(30)33)12-4-6-19-9-7-17-5-3-11-27-24(17)28-19;1-2-4-5-3-1;1-2/h8-11,16,22H,3-7,12-15,17H2,1-2H3,(H,28,29);7-10,15,21,31H,2-6,11-14,16H2,1H3,(H,27,28);1-4H2;2H,1H3/t22-;21-;;/m00../s1. The summed E-state index contributed by atoms with van der Waals surface area (Å²) in [4.78, 5) is 67.2. The molecular formula is C56H76F2N8O10. The first-order chi connectivity index (χ1) is 37.0. The molecule has 18 nitrogen and oxygen atoms in total. The number of nitrogens with zero attached hydrogens (tertiary/aromatic N) is 6. The number of aliphatic hydroxyl groups is 1. The number of methoxy groups -OCH3 is 1. The topological polar surface area (TPSA) is 208 Å². The summed E-state index contributed by atoms with van der Waals surface area (Å²) in [5.41, 5.74) is 5.50. The summed E-state index contributed by atoms with van der Waals surface area (Å²) in [6.45, 7) is 10.9. The number of carbonyl (C=O) groups excluding carboxylic acids is 4. The highest BCUT2D eigenvalue weighted by Crippen LogP contribution is 2.33. The lowest BCUT2D eigenvalue weighted by molar-refractivity contribution is -0.145. The van der Waals surface area contributed by atoms with Gasteiger partial charge >= 0.3 is 24.0 Å². The molecule has 4 aromatic rings. The molecule has 76 heavy (non-hydrogen) atoms. The molecule has 0 unspecified atom stereocenters. The third kappa shape index (κ3) is 16.4. The van der Waals surface area contributed by atoms with E-state index in [2.05, 4.69) is 34.9 Å². The third-order valence-corrected chi connectivity index (χ3v) is 13.7. The number of amides is 4. The van der Waals surface area contributed by atoms with E-state index in [1.807, 2.05) is 0 Å². The Labute approximate surface area is 445 Å². The Balaban J connectivity index is 0.000000219. The Hall–Kier alpha value is -6.80. The van der Waals surface area contributed by atoms with E-state index in [9.17, 15) is 33.1 Å². The maximum atomic E-state index is 14.4. The van der Waals surface area contributed by atoms with Crippen molar-refractivity contribution >= 4 is 35.6 Å². The van der Waals surface area contributed by atoms with Crippen LogP contribution in [0, 0.1) is 11.6 Å². The van der Waals surface area contributed by atoms with Gasteiger partial charge in [0.15, 0.2) is 23.1 Å². The number of rotatable bonds is 19. The molecule has 5 aliphatic rings. The van der Waals surface area contributed by atoms with Gasteiger partial charge in [0, 0.05) is 84.1 Å². The van der Waals surface area contributed by atoms with Gasteiger partial charge in [0.05, 0.1) is 45.2 Å². The summed E-state index contributed by atoms with van der Waals surface area (Å²) >= 11 is 0. The van der Waals surface area contributed by atoms with Gasteiger partial charge in [-0.3, -0.25) is 9.59 Å². The van der Waals surface area contributed by atoms with Gasteiger partial charge in [0.1, 0.15) is 11.6 Å². The van der Waals surface area contributed by atoms with Gasteiger partial charge in [-0.05, 0) is 137 Å². The zero-order valence-corrected chi connectivity index (χ0v) is 44.5. The number of carbonyl (C=O) groups is 4. The van der Waals surface area contributed by atoms with E-state index in [0.717, 1.165) is 108 Å². The van der Waals surface area contributed by atoms with Crippen LogP contribution in [-0.2, 0) is 49.5 Å². The highest BCUT2D eigenvalue weighted by molar-refractivity contribution is 5.79. The quantitative estimate of drug-likeness (QED) is 0.0657. The molecule has 0 spiro atoms. The van der Waals surface area contributed by atoms with Crippen molar-refractivity contribution in [2.45, 2.75) is 103 Å². The summed E-state index contributed by atoms with van der Waals surface area (Å²) in [7, 11) is 2.40. The van der Waals surface area contributed by atoms with E-state index in [0.29, 0.717) is 50.4 Å². The number of urea groups is 2. The molecule has 4 amide bonds. The van der Waals surface area contributed by atoms with E-state index < -0.39 is 41.4 Å². The van der Waals surface area contributed by atoms with Gasteiger partial charge < -0.3 is 59.4 Å². The molecule has 3 fully saturated rings. The van der Waals surface area contributed by atoms with Crippen LogP contribution in [0.2, 0.25) is 0 Å². The second-order valence-corrected chi connectivity index (χ2v) is 18.8. The van der Waals surface area contributed by atoms with Gasteiger partial charge in [-0.2, -0.15) is 0 Å². The fourth-order valence-electron chi connectivity index (χ4n) is 9.82. The van der Waals surface area contributed by atoms with Crippen molar-refractivity contribution in [1.82, 2.24) is 29.6 Å². The van der Waals surface area contributed by atoms with Crippen molar-refractivity contribution < 1.29 is 57.1 Å². The smallest absolute Gasteiger partial charge is 0.320 e. The lowest BCUT2D eigenvalue weighted by atomic mass is 10.0. The van der Waals surface area contributed by atoms with Gasteiger partial charge in [-0.15, -0.1) is 0 Å². The van der Waals surface area contributed by atoms with Crippen LogP contribution in [0.5, 0.6) is 11.5 Å². The molecule has 3 saturated heterocycles. The molecule has 20 heteroatoms. The van der Waals surface area contributed by atoms with E-state index in [4.69, 9.17) is 34.0 Å². The summed E-state index contributed by atoms with van der Waals surface area (Å²) < 4.78 is 48.6. The normalized spacial score (nSPS) is 16.3. The second kappa shape index (κ2) is 30.1. The number of fused-ring (bicyclic) bond motifs is 2. The van der Waals surface area contributed by atoms with E-state index in [1.54, 1.807) is 39.5 Å². The molecule has 2 aromatic heterocycles. The second-order valence-electron chi connectivity index (χ2n) is 18.8. The Morgan fingerprint density at radius 1 is 0.671 bits per heavy atom. The van der Waals surface area contributed by atoms with Crippen molar-refractivity contribution in [3.8, 4) is 11.5 Å². The predicted molar refractivity (Wildman–Crippen MR) is 283 cm³/mol. The minimum atomic E-state index is -0.790. The number of aliphatic hydroxyl groups excluding tert-OH is 1. The number of benzene rings is 2. The highest BCUT2D eigenvalue weighted by Gasteiger charge is 2.37. The van der Waals surface area contributed by atoms with Crippen LogP contribution in [-0.4, -0.2) is 157 Å². The van der Waals surface area contributed by atoms with Crippen LogP contribution < -0.4 is 15.4 Å². The number of esters is 2. The average Bonchev–Trinajstić information content (AvgIpc) is 4.23. The van der Waals surface area contributed by atoms with Crippen LogP contribution in [0.25, 0.3) is 0 Å². The summed E-state index contributed by atoms with van der Waals surface area (Å²) in [6.07, 6.45) is 9.87. The number of aryl methyl sites for hydroxylation is 4. The van der Waals surface area contributed by atoms with E-state index in [1.165, 1.54) is 61.4 Å². The zero-order chi connectivity index (χ0) is 54.4. The molecule has 0 radical (unpaired) electrons. The highest BCUT2D eigenvalue weighted by atomic mass is 19.1. The number of aromatic hydroxyl groups is 1. The zero-order valence-electron chi connectivity index (χ0n) is 44.5. The molecule has 0 bridgehead atoms. The minimum Gasteiger partial charge on any atom is -0.505 e. The van der Waals surface area contributed by atoms with Gasteiger partial charge in [0.2, 0.25) is 0 Å². The molecule has 414 valence electrons. The van der Waals surface area contributed by atoms with Crippen molar-refractivity contribution in [3.05, 3.63) is 106 Å². The number of phenols is 1. The van der Waals surface area contributed by atoms with Crippen LogP contribution in [0.4, 0.5) is 30.0 Å². The number of anilines is 2. The summed E-state index contributed by atoms with van der Waals surface area (Å²) in [6, 6.07) is 15.2. The number of pyridine rings is 2. The SMILES string of the molecule is C1CCOC1.CCOC(=O)C[C@@H](c1ccc(O)c(F)c1)N1CCN(CCCc2ccc3c(n2)NCCC3)C1=O.CCOC(=O)C[C@@H](c1ccc(OC)c(F)c1)N1CCN(CCCc2ccc3c(n2)NCCC3)C1=O.CO. The fourth-order valence-corrected chi connectivity index (χ4v) is 9.82. The summed E-state index contributed by atoms with van der Waals surface area (Å²) in [5.74, 6) is -0.619. The van der Waals surface area contributed by atoms with E-state index in [-0.39, 0.29) is 43.9 Å². The molecule has 2 atom stereocenters. The molecule has 0 aliphatic carbocycles. The first-order valence-corrected chi connectivity index (χ1v) is 26.7. The van der Waals surface area contributed by atoms with Crippen LogP contribution in [0.1, 0.15) is 111 Å². The number of hydrogen-bond donors (Lipinski definition) is 4. The number of halogens is 2. The summed E-state index contributed by atoms with van der Waals surface area (Å²) in [5, 5.41) is 23.2. The molecule has 5 aliphatic heterocycles. The van der Waals surface area contributed by atoms with Crippen molar-refractivity contribution in [2.24, 2.45) is 0 Å². The Bertz CT molecular complexity index is 2530. The monoisotopic (exact) mass is 1060 g/mol. The molecule has 0 saturated carbocycles. The maximum Gasteiger partial charge on any atom is 0.320 e. The number of ether oxygens (including phenoxy) is 4. The molecular weight excluding hydrogens is 983 g/mol. The number of hydrogen-bond acceptors (Lipinski definition) is 14. The van der Waals surface area contributed by atoms with Crippen LogP contribution in [0.3, 0.4) is 0 Å². The average molecular weight is 1060 g/mol. The van der Waals surface area contributed by atoms with E-state index >= 15 is 0 Å². The first kappa shape index (κ1) is 58.5. The van der Waals surface area contributed by atoms with Crippen LogP contribution in [0.15, 0.2) is 60.7 Å². The Kier molecular flexibility index (Phi) is 23.1. The van der Waals surface area contributed by atoms with Crippen molar-refractivity contribution in [1.29, 1.82) is 0 Å². The number of nitrogens with one attached hydrogen (secondary N) is 2. The van der Waals surface area contributed by atoms with Gasteiger partial charge in [0.25, 0.3) is 0 Å². The third-order valence-electron chi connectivity index (χ3n) is 13.7. The molecule has 9 rings (SSSR count). The number of phenolic OH excluding ortho intramolecular Hbond substituents is 1. The fraction of sp³-hybridized carbons (Fsp3) is 0.536. The minimum absolute atomic E-state index is 0.0365. The lowest BCUT2D eigenvalue weighted by Crippen LogP contribution is -2.36. The number of aromatic nitrogens is 2. The molecule has 7 heterocycles. The Morgan fingerprint density at radius 2 is 1.14 bits per heavy atom. The lowest BCUT2D eigenvalue weighted by Gasteiger charge is -2.28. The largest absolute Gasteiger partial charge is 0.505 e. The Morgan fingerprint density at radius 3 is 1.57 bits per heavy atom. The van der Waals surface area contributed by atoms with Crippen molar-refractivity contribution in [2.75, 3.05) is 104 Å². The van der Waals surface area contributed by atoms with Gasteiger partial charge in [-0.25, -0.2) is 28.3 Å². The van der Waals surface area contributed by atoms with Gasteiger partial charge in [-0.1, -0.05) is 24.3 Å². The molecule has 2 aromatic carbocycles.